The summed E-state index contributed by atoms with van der Waals surface area (Å²) < 4.78 is 9.06. The average molecular weight is 565 g/mol. The van der Waals surface area contributed by atoms with E-state index in [9.17, 15) is 0 Å². The molecule has 0 bridgehead atoms. The zero-order valence-corrected chi connectivity index (χ0v) is 23.6. The number of para-hydroxylation sites is 3. The molecule has 0 fully saturated rings. The minimum atomic E-state index is 0.571. The Morgan fingerprint density at radius 1 is 0.455 bits per heavy atom. The zero-order chi connectivity index (χ0) is 29.0. The molecule has 0 saturated carbocycles. The van der Waals surface area contributed by atoms with Crippen LogP contribution in [0.4, 0.5) is 0 Å². The number of nitrogens with zero attached hydrogens (tertiary/aromatic N) is 4. The summed E-state index contributed by atoms with van der Waals surface area (Å²) in [5.74, 6) is 1.81. The van der Waals surface area contributed by atoms with Gasteiger partial charge in [0.25, 0.3) is 0 Å². The summed E-state index contributed by atoms with van der Waals surface area (Å²) in [4.78, 5) is 14.9. The molecule has 5 nitrogen and oxygen atoms in total. The standard InChI is InChI=1S/C39H24N4O/c1-4-13-25(14-5-1)37-40-38(26-15-6-2-7-16-26)42-39(41-37)31-21-12-20-30-34-33(44-36(30)31)24-23-29-28-19-10-11-22-32(28)43(35(29)34)27-17-8-3-9-18-27/h1-24H. The number of hydrogen-bond donors (Lipinski definition) is 0. The van der Waals surface area contributed by atoms with Gasteiger partial charge in [-0.3, -0.25) is 0 Å². The first-order valence-electron chi connectivity index (χ1n) is 14.6. The van der Waals surface area contributed by atoms with Gasteiger partial charge in [0, 0.05) is 33.0 Å². The Labute approximate surface area is 252 Å². The fourth-order valence-electron chi connectivity index (χ4n) is 6.29. The predicted molar refractivity (Wildman–Crippen MR) is 178 cm³/mol. The summed E-state index contributed by atoms with van der Waals surface area (Å²) >= 11 is 0. The number of rotatable bonds is 4. The molecule has 0 aliphatic rings. The van der Waals surface area contributed by atoms with Crippen LogP contribution in [0.1, 0.15) is 0 Å². The number of benzene rings is 6. The van der Waals surface area contributed by atoms with Crippen LogP contribution in [-0.2, 0) is 0 Å². The Morgan fingerprint density at radius 3 is 1.75 bits per heavy atom. The Hall–Kier alpha value is -6.07. The van der Waals surface area contributed by atoms with Crippen molar-refractivity contribution in [3.63, 3.8) is 0 Å². The van der Waals surface area contributed by atoms with E-state index in [4.69, 9.17) is 19.4 Å². The van der Waals surface area contributed by atoms with E-state index in [1.165, 1.54) is 10.8 Å². The third kappa shape index (κ3) is 3.76. The van der Waals surface area contributed by atoms with Crippen LogP contribution < -0.4 is 0 Å². The molecule has 0 aliphatic carbocycles. The predicted octanol–water partition coefficient (Wildman–Crippen LogP) is 9.87. The van der Waals surface area contributed by atoms with E-state index < -0.39 is 0 Å². The van der Waals surface area contributed by atoms with Crippen molar-refractivity contribution in [3.8, 4) is 39.9 Å². The van der Waals surface area contributed by atoms with Crippen LogP contribution in [0.3, 0.4) is 0 Å². The molecule has 0 atom stereocenters. The van der Waals surface area contributed by atoms with Gasteiger partial charge in [-0.2, -0.15) is 0 Å². The average Bonchev–Trinajstić information content (AvgIpc) is 3.65. The van der Waals surface area contributed by atoms with Gasteiger partial charge >= 0.3 is 0 Å². The molecule has 0 N–H and O–H groups in total. The number of aromatic nitrogens is 4. The summed E-state index contributed by atoms with van der Waals surface area (Å²) in [6.45, 7) is 0. The van der Waals surface area contributed by atoms with Gasteiger partial charge in [0.15, 0.2) is 17.5 Å². The van der Waals surface area contributed by atoms with E-state index in [0.717, 1.165) is 55.3 Å². The monoisotopic (exact) mass is 564 g/mol. The highest BCUT2D eigenvalue weighted by atomic mass is 16.3. The maximum atomic E-state index is 6.71. The lowest BCUT2D eigenvalue weighted by atomic mass is 10.1. The minimum absolute atomic E-state index is 0.571. The van der Waals surface area contributed by atoms with E-state index in [1.54, 1.807) is 0 Å². The molecular weight excluding hydrogens is 540 g/mol. The van der Waals surface area contributed by atoms with E-state index in [1.807, 2.05) is 66.7 Å². The normalized spacial score (nSPS) is 11.6. The van der Waals surface area contributed by atoms with Gasteiger partial charge in [0.05, 0.1) is 22.0 Å². The zero-order valence-electron chi connectivity index (χ0n) is 23.6. The van der Waals surface area contributed by atoms with Crippen LogP contribution >= 0.6 is 0 Å². The summed E-state index contributed by atoms with van der Waals surface area (Å²) in [5, 5.41) is 4.48. The van der Waals surface area contributed by atoms with Gasteiger partial charge in [-0.1, -0.05) is 109 Å². The maximum Gasteiger partial charge on any atom is 0.167 e. The molecule has 6 aromatic carbocycles. The Morgan fingerprint density at radius 2 is 1.05 bits per heavy atom. The second-order valence-corrected chi connectivity index (χ2v) is 10.8. The molecule has 0 radical (unpaired) electrons. The third-order valence-corrected chi connectivity index (χ3v) is 8.25. The lowest BCUT2D eigenvalue weighted by molar-refractivity contribution is 0.669. The first-order chi connectivity index (χ1) is 21.8. The molecule has 0 spiro atoms. The summed E-state index contributed by atoms with van der Waals surface area (Å²) in [7, 11) is 0. The fourth-order valence-corrected chi connectivity index (χ4v) is 6.29. The van der Waals surface area contributed by atoms with E-state index in [0.29, 0.717) is 17.5 Å². The van der Waals surface area contributed by atoms with Crippen molar-refractivity contribution >= 4 is 43.7 Å². The van der Waals surface area contributed by atoms with Crippen molar-refractivity contribution in [1.82, 2.24) is 19.5 Å². The molecule has 5 heteroatoms. The molecule has 44 heavy (non-hydrogen) atoms. The van der Waals surface area contributed by atoms with Crippen LogP contribution in [0.2, 0.25) is 0 Å². The van der Waals surface area contributed by atoms with Crippen molar-refractivity contribution < 1.29 is 4.42 Å². The number of fused-ring (bicyclic) bond motifs is 7. The highest BCUT2D eigenvalue weighted by Crippen LogP contribution is 2.42. The van der Waals surface area contributed by atoms with Gasteiger partial charge in [-0.05, 0) is 36.4 Å². The van der Waals surface area contributed by atoms with E-state index >= 15 is 0 Å². The Bertz CT molecular complexity index is 2420. The minimum Gasteiger partial charge on any atom is -0.455 e. The van der Waals surface area contributed by atoms with Gasteiger partial charge in [0.1, 0.15) is 11.2 Å². The molecule has 0 aliphatic heterocycles. The highest BCUT2D eigenvalue weighted by molar-refractivity contribution is 6.25. The lowest BCUT2D eigenvalue weighted by Gasteiger charge is -2.09. The highest BCUT2D eigenvalue weighted by Gasteiger charge is 2.22. The van der Waals surface area contributed by atoms with Crippen LogP contribution in [-0.4, -0.2) is 19.5 Å². The maximum absolute atomic E-state index is 6.71. The first-order valence-corrected chi connectivity index (χ1v) is 14.6. The summed E-state index contributed by atoms with van der Waals surface area (Å²) in [6, 6.07) is 49.6. The van der Waals surface area contributed by atoms with Crippen molar-refractivity contribution in [2.75, 3.05) is 0 Å². The fraction of sp³-hybridized carbons (Fsp3) is 0. The Kier molecular flexibility index (Phi) is 5.43. The van der Waals surface area contributed by atoms with Crippen LogP contribution in [0, 0.1) is 0 Å². The van der Waals surface area contributed by atoms with Gasteiger partial charge in [-0.25, -0.2) is 15.0 Å². The number of furan rings is 1. The van der Waals surface area contributed by atoms with Gasteiger partial charge in [0.2, 0.25) is 0 Å². The van der Waals surface area contributed by atoms with E-state index in [-0.39, 0.29) is 0 Å². The molecule has 9 rings (SSSR count). The molecule has 0 saturated heterocycles. The molecule has 206 valence electrons. The van der Waals surface area contributed by atoms with Crippen LogP contribution in [0.15, 0.2) is 150 Å². The van der Waals surface area contributed by atoms with Crippen molar-refractivity contribution in [2.24, 2.45) is 0 Å². The molecule has 0 amide bonds. The molecule has 3 aromatic heterocycles. The smallest absolute Gasteiger partial charge is 0.167 e. The second kappa shape index (κ2) is 9.75. The summed E-state index contributed by atoms with van der Waals surface area (Å²) in [6.07, 6.45) is 0. The first kappa shape index (κ1) is 24.5. The molecular formula is C39H24N4O. The van der Waals surface area contributed by atoms with Crippen molar-refractivity contribution in [2.45, 2.75) is 0 Å². The van der Waals surface area contributed by atoms with Gasteiger partial charge < -0.3 is 8.98 Å². The van der Waals surface area contributed by atoms with Crippen LogP contribution in [0.25, 0.3) is 83.6 Å². The summed E-state index contributed by atoms with van der Waals surface area (Å²) in [5.41, 5.74) is 7.64. The van der Waals surface area contributed by atoms with Crippen molar-refractivity contribution in [3.05, 3.63) is 146 Å². The van der Waals surface area contributed by atoms with Crippen molar-refractivity contribution in [1.29, 1.82) is 0 Å². The molecule has 3 heterocycles. The van der Waals surface area contributed by atoms with E-state index in [2.05, 4.69) is 83.4 Å². The van der Waals surface area contributed by atoms with Gasteiger partial charge in [-0.15, -0.1) is 0 Å². The molecule has 9 aromatic rings. The third-order valence-electron chi connectivity index (χ3n) is 8.25. The lowest BCUT2D eigenvalue weighted by Crippen LogP contribution is -2.00. The SMILES string of the molecule is c1ccc(-c2nc(-c3ccccc3)nc(-c3cccc4c3oc3ccc5c6ccccc6n(-c6ccccc6)c5c34)n2)cc1. The number of hydrogen-bond acceptors (Lipinski definition) is 4. The second-order valence-electron chi connectivity index (χ2n) is 10.8. The molecule has 0 unspecified atom stereocenters. The topological polar surface area (TPSA) is 56.7 Å². The van der Waals surface area contributed by atoms with Crippen LogP contribution in [0.5, 0.6) is 0 Å². The quantitative estimate of drug-likeness (QED) is 0.213. The largest absolute Gasteiger partial charge is 0.455 e. The Balaban J connectivity index is 1.36.